The first-order valence-corrected chi connectivity index (χ1v) is 9.68. The molecule has 1 aliphatic rings. The van der Waals surface area contributed by atoms with E-state index in [0.29, 0.717) is 16.1 Å². The molecule has 1 aromatic heterocycles. The molecule has 0 aromatic carbocycles. The summed E-state index contributed by atoms with van der Waals surface area (Å²) in [5, 5.41) is 0.757. The second kappa shape index (κ2) is 7.71. The van der Waals surface area contributed by atoms with Crippen molar-refractivity contribution >= 4 is 34.6 Å². The molecule has 0 bridgehead atoms. The van der Waals surface area contributed by atoms with Crippen LogP contribution in [0.5, 0.6) is 0 Å². The van der Waals surface area contributed by atoms with Gasteiger partial charge in [-0.1, -0.05) is 42.5 Å². The number of halogens is 2. The Morgan fingerprint density at radius 1 is 1.27 bits per heavy atom. The highest BCUT2D eigenvalue weighted by atomic mass is 35.5. The summed E-state index contributed by atoms with van der Waals surface area (Å²) in [7, 11) is 0. The van der Waals surface area contributed by atoms with Crippen LogP contribution in [0, 0.1) is 5.92 Å². The van der Waals surface area contributed by atoms with E-state index in [1.807, 2.05) is 26.8 Å². The second-order valence-corrected chi connectivity index (χ2v) is 9.68. The molecule has 1 saturated carbocycles. The minimum atomic E-state index is -1.14. The first-order valence-electron chi connectivity index (χ1n) is 7.78. The Morgan fingerprint density at radius 2 is 1.91 bits per heavy atom. The van der Waals surface area contributed by atoms with Crippen LogP contribution in [-0.4, -0.2) is 14.3 Å². The van der Waals surface area contributed by atoms with Crippen LogP contribution in [0.4, 0.5) is 0 Å². The summed E-state index contributed by atoms with van der Waals surface area (Å²) in [6.45, 7) is 5.92. The van der Waals surface area contributed by atoms with Crippen LogP contribution in [0.3, 0.4) is 0 Å². The molecule has 1 aliphatic carbocycles. The van der Waals surface area contributed by atoms with E-state index in [1.165, 1.54) is 19.3 Å². The van der Waals surface area contributed by atoms with Crippen molar-refractivity contribution in [2.24, 2.45) is 5.92 Å². The van der Waals surface area contributed by atoms with Crippen LogP contribution in [0.15, 0.2) is 12.3 Å². The smallest absolute Gasteiger partial charge is 0.147 e. The zero-order valence-corrected chi connectivity index (χ0v) is 15.7. The molecular weight excluding hydrogens is 339 g/mol. The molecule has 0 saturated heterocycles. The van der Waals surface area contributed by atoms with Crippen molar-refractivity contribution in [3.63, 3.8) is 0 Å². The van der Waals surface area contributed by atoms with E-state index in [0.717, 1.165) is 18.4 Å². The highest BCUT2D eigenvalue weighted by molar-refractivity contribution is 7.90. The van der Waals surface area contributed by atoms with Gasteiger partial charge in [-0.3, -0.25) is 0 Å². The molecule has 2 rings (SSSR count). The zero-order chi connectivity index (χ0) is 16.3. The molecule has 3 nitrogen and oxygen atoms in total. The van der Waals surface area contributed by atoms with E-state index in [9.17, 15) is 4.55 Å². The molecule has 0 spiro atoms. The predicted molar refractivity (Wildman–Crippen MR) is 94.6 cm³/mol. The topological polar surface area (TPSA) is 48.0 Å². The summed E-state index contributed by atoms with van der Waals surface area (Å²) in [5.41, 5.74) is 0.971. The maximum atomic E-state index is 12.6. The van der Waals surface area contributed by atoms with Gasteiger partial charge in [0, 0.05) is 17.6 Å². The summed E-state index contributed by atoms with van der Waals surface area (Å²) >= 11 is 10.9. The van der Waals surface area contributed by atoms with E-state index >= 15 is 0 Å². The van der Waals surface area contributed by atoms with Gasteiger partial charge in [0.2, 0.25) is 0 Å². The highest BCUT2D eigenvalue weighted by Gasteiger charge is 2.34. The molecule has 0 radical (unpaired) electrons. The quantitative estimate of drug-likeness (QED) is 0.601. The maximum Gasteiger partial charge on any atom is 0.147 e. The third-order valence-corrected chi connectivity index (χ3v) is 6.35. The van der Waals surface area contributed by atoms with Crippen molar-refractivity contribution in [1.82, 2.24) is 9.71 Å². The number of nitrogens with zero attached hydrogens (tertiary/aromatic N) is 1. The molecule has 1 aromatic rings. The number of rotatable bonds is 4. The molecular formula is C16H24Cl2N2OS. The monoisotopic (exact) mass is 362 g/mol. The predicted octanol–water partition coefficient (Wildman–Crippen LogP) is 5.06. The Kier molecular flexibility index (Phi) is 6.43. The molecule has 1 unspecified atom stereocenters. The number of nitrogens with one attached hydrogen (secondary N) is 1. The fraction of sp³-hybridized carbons (Fsp3) is 0.688. The Bertz CT molecular complexity index is 501. The maximum absolute atomic E-state index is 12.6. The Labute approximate surface area is 146 Å². The van der Waals surface area contributed by atoms with Gasteiger partial charge in [0.25, 0.3) is 0 Å². The van der Waals surface area contributed by atoms with Gasteiger partial charge in [-0.15, -0.1) is 4.72 Å². The van der Waals surface area contributed by atoms with Gasteiger partial charge in [-0.05, 0) is 51.2 Å². The van der Waals surface area contributed by atoms with Gasteiger partial charge in [-0.25, -0.2) is 4.98 Å². The average molecular weight is 363 g/mol. The highest BCUT2D eigenvalue weighted by Crippen LogP contribution is 2.37. The summed E-state index contributed by atoms with van der Waals surface area (Å²) in [5.74, 6) is 0.457. The van der Waals surface area contributed by atoms with Crippen LogP contribution < -0.4 is 4.72 Å². The second-order valence-electron chi connectivity index (χ2n) is 6.92. The SMILES string of the molecule is CC(C)(C)[S+]([O-])N[C@@H](c1cnc(Cl)c(Cl)c1)C1CCCCC1. The van der Waals surface area contributed by atoms with Crippen LogP contribution in [0.1, 0.15) is 64.5 Å². The summed E-state index contributed by atoms with van der Waals surface area (Å²) in [6.07, 6.45) is 7.75. The fourth-order valence-corrected chi connectivity index (χ4v) is 3.99. The molecule has 1 heterocycles. The fourth-order valence-electron chi connectivity index (χ4n) is 2.80. The molecule has 1 fully saturated rings. The minimum absolute atomic E-state index is 0.00243. The van der Waals surface area contributed by atoms with Gasteiger partial charge >= 0.3 is 0 Å². The van der Waals surface area contributed by atoms with Gasteiger partial charge in [0.15, 0.2) is 0 Å². The van der Waals surface area contributed by atoms with Crippen LogP contribution in [-0.2, 0) is 11.4 Å². The van der Waals surface area contributed by atoms with Crippen molar-refractivity contribution in [3.8, 4) is 0 Å². The summed E-state index contributed by atoms with van der Waals surface area (Å²) in [6, 6.07) is 1.85. The zero-order valence-electron chi connectivity index (χ0n) is 13.4. The Morgan fingerprint density at radius 3 is 2.45 bits per heavy atom. The normalized spacial score (nSPS) is 19.9. The third kappa shape index (κ3) is 4.75. The average Bonchev–Trinajstić information content (AvgIpc) is 2.47. The molecule has 0 aliphatic heterocycles. The van der Waals surface area contributed by atoms with E-state index in [1.54, 1.807) is 6.20 Å². The number of aromatic nitrogens is 1. The summed E-state index contributed by atoms with van der Waals surface area (Å²) < 4.78 is 15.6. The Balaban J connectivity index is 2.25. The molecule has 0 amide bonds. The first kappa shape index (κ1) is 18.3. The van der Waals surface area contributed by atoms with Crippen molar-refractivity contribution in [2.45, 2.75) is 63.7 Å². The van der Waals surface area contributed by atoms with Crippen LogP contribution >= 0.6 is 23.2 Å². The lowest BCUT2D eigenvalue weighted by molar-refractivity contribution is 0.292. The molecule has 2 atom stereocenters. The standard InChI is InChI=1S/C16H24Cl2N2OS/c1-16(2,3)22(21)20-14(11-7-5-4-6-8-11)12-9-13(17)15(18)19-10-12/h9-11,14,20H,4-8H2,1-3H3/t14-,22?/m1/s1. The largest absolute Gasteiger partial charge is 0.598 e. The lowest BCUT2D eigenvalue weighted by atomic mass is 9.82. The van der Waals surface area contributed by atoms with Crippen molar-refractivity contribution < 1.29 is 4.55 Å². The first-order chi connectivity index (χ1) is 10.3. The lowest BCUT2D eigenvalue weighted by Gasteiger charge is -2.34. The van der Waals surface area contributed by atoms with Gasteiger partial charge in [0.1, 0.15) is 9.90 Å². The summed E-state index contributed by atoms with van der Waals surface area (Å²) in [4.78, 5) is 4.16. The van der Waals surface area contributed by atoms with Gasteiger partial charge in [-0.2, -0.15) is 0 Å². The third-order valence-electron chi connectivity index (χ3n) is 4.09. The van der Waals surface area contributed by atoms with Gasteiger partial charge in [0.05, 0.1) is 11.1 Å². The molecule has 22 heavy (non-hydrogen) atoms. The molecule has 1 N–H and O–H groups in total. The van der Waals surface area contributed by atoms with Crippen molar-refractivity contribution in [3.05, 3.63) is 28.0 Å². The molecule has 124 valence electrons. The number of hydrogen-bond donors (Lipinski definition) is 1. The van der Waals surface area contributed by atoms with E-state index in [4.69, 9.17) is 23.2 Å². The van der Waals surface area contributed by atoms with E-state index < -0.39 is 11.4 Å². The van der Waals surface area contributed by atoms with E-state index in [-0.39, 0.29) is 10.8 Å². The number of pyridine rings is 1. The van der Waals surface area contributed by atoms with E-state index in [2.05, 4.69) is 9.71 Å². The molecule has 6 heteroatoms. The lowest BCUT2D eigenvalue weighted by Crippen LogP contribution is -2.43. The number of hydrogen-bond acceptors (Lipinski definition) is 3. The Hall–Kier alpha value is -0.0000000000000000555. The van der Waals surface area contributed by atoms with Crippen molar-refractivity contribution in [1.29, 1.82) is 0 Å². The van der Waals surface area contributed by atoms with Crippen LogP contribution in [0.2, 0.25) is 10.2 Å². The minimum Gasteiger partial charge on any atom is -0.598 e. The van der Waals surface area contributed by atoms with Gasteiger partial charge < -0.3 is 4.55 Å². The van der Waals surface area contributed by atoms with Crippen molar-refractivity contribution in [2.75, 3.05) is 0 Å². The van der Waals surface area contributed by atoms with Crippen LogP contribution in [0.25, 0.3) is 0 Å².